The molecule has 0 amide bonds. The van der Waals surface area contributed by atoms with E-state index in [1.807, 2.05) is 36.8 Å². The van der Waals surface area contributed by atoms with Crippen LogP contribution in [0.3, 0.4) is 0 Å². The van der Waals surface area contributed by atoms with Gasteiger partial charge >= 0.3 is 0 Å². The Morgan fingerprint density at radius 3 is 1.39 bits per heavy atom. The average Bonchev–Trinajstić information content (AvgIpc) is 2.42. The first kappa shape index (κ1) is 16.8. The molecule has 2 rings (SSSR count). The highest BCUT2D eigenvalue weighted by Crippen LogP contribution is 1.96. The van der Waals surface area contributed by atoms with Gasteiger partial charge in [-0.2, -0.15) is 11.8 Å². The lowest BCUT2D eigenvalue weighted by Crippen LogP contribution is -1.73. The molecule has 0 nitrogen and oxygen atoms in total. The van der Waals surface area contributed by atoms with E-state index in [2.05, 4.69) is 50.2 Å². The van der Waals surface area contributed by atoms with Crippen molar-refractivity contribution < 1.29 is 0 Å². The summed E-state index contributed by atoms with van der Waals surface area (Å²) in [6.45, 7) is 4.25. The zero-order valence-electron chi connectivity index (χ0n) is 11.9. The molecule has 0 aliphatic heterocycles. The molecule has 2 aromatic carbocycles. The quantitative estimate of drug-likeness (QED) is 0.677. The van der Waals surface area contributed by atoms with Gasteiger partial charge in [0.2, 0.25) is 0 Å². The number of aryl methyl sites for hydroxylation is 2. The van der Waals surface area contributed by atoms with Gasteiger partial charge in [0.25, 0.3) is 0 Å². The average molecular weight is 260 g/mol. The third kappa shape index (κ3) is 9.98. The Morgan fingerprint density at radius 2 is 1.17 bits per heavy atom. The van der Waals surface area contributed by atoms with Gasteiger partial charge in [-0.1, -0.05) is 73.2 Å². The van der Waals surface area contributed by atoms with Crippen molar-refractivity contribution in [2.75, 3.05) is 12.5 Å². The molecular formula is C17H24S. The fourth-order valence-corrected chi connectivity index (χ4v) is 1.25. The maximum absolute atomic E-state index is 2.16. The molecule has 0 bridgehead atoms. The molecule has 0 aliphatic carbocycles. The summed E-state index contributed by atoms with van der Waals surface area (Å²) in [6, 6.07) is 20.7. The second-order valence-electron chi connectivity index (χ2n) is 3.90. The number of benzene rings is 2. The number of hydrogen-bond acceptors (Lipinski definition) is 1. The molecule has 0 heterocycles. The molecule has 0 aromatic heterocycles. The highest BCUT2D eigenvalue weighted by molar-refractivity contribution is 7.97. The maximum atomic E-state index is 2.16. The molecular weight excluding hydrogens is 236 g/mol. The first-order valence-corrected chi connectivity index (χ1v) is 7.83. The van der Waals surface area contributed by atoms with Crippen LogP contribution >= 0.6 is 11.8 Å². The lowest BCUT2D eigenvalue weighted by atomic mass is 10.2. The first-order chi connectivity index (χ1) is 8.74. The summed E-state index contributed by atoms with van der Waals surface area (Å²) in [5, 5.41) is 0. The zero-order chi connectivity index (χ0) is 13.6. The van der Waals surface area contributed by atoms with Crippen molar-refractivity contribution >= 4 is 11.8 Å². The molecule has 0 saturated carbocycles. The number of hydrogen-bond donors (Lipinski definition) is 0. The minimum atomic E-state index is 1.14. The lowest BCUT2D eigenvalue weighted by Gasteiger charge is -1.89. The Bertz CT molecular complexity index is 367. The van der Waals surface area contributed by atoms with Crippen molar-refractivity contribution in [1.82, 2.24) is 0 Å². The Labute approximate surface area is 116 Å². The van der Waals surface area contributed by atoms with Crippen LogP contribution in [0.4, 0.5) is 0 Å². The van der Waals surface area contributed by atoms with Gasteiger partial charge in [0.05, 0.1) is 0 Å². The predicted molar refractivity (Wildman–Crippen MR) is 86.4 cm³/mol. The molecule has 0 saturated heterocycles. The van der Waals surface area contributed by atoms with E-state index in [4.69, 9.17) is 0 Å². The molecule has 18 heavy (non-hydrogen) atoms. The van der Waals surface area contributed by atoms with Crippen LogP contribution in [-0.2, 0) is 6.42 Å². The Morgan fingerprint density at radius 1 is 0.778 bits per heavy atom. The molecule has 0 fully saturated rings. The van der Waals surface area contributed by atoms with Crippen LogP contribution in [-0.4, -0.2) is 12.5 Å². The minimum Gasteiger partial charge on any atom is -0.169 e. The SMILES string of the molecule is CCc1ccccc1.CSC.Cc1ccccc1. The molecule has 2 aromatic rings. The van der Waals surface area contributed by atoms with E-state index in [0.717, 1.165) is 6.42 Å². The number of rotatable bonds is 1. The van der Waals surface area contributed by atoms with Crippen LogP contribution in [0.25, 0.3) is 0 Å². The topological polar surface area (TPSA) is 0 Å². The first-order valence-electron chi connectivity index (χ1n) is 6.20. The molecule has 0 radical (unpaired) electrons. The van der Waals surface area contributed by atoms with Crippen LogP contribution in [0.15, 0.2) is 60.7 Å². The third-order valence-corrected chi connectivity index (χ3v) is 2.19. The van der Waals surface area contributed by atoms with E-state index in [9.17, 15) is 0 Å². The van der Waals surface area contributed by atoms with Gasteiger partial charge in [-0.15, -0.1) is 0 Å². The summed E-state index contributed by atoms with van der Waals surface area (Å²) in [4.78, 5) is 0. The molecule has 1 heteroatoms. The van der Waals surface area contributed by atoms with Gasteiger partial charge in [0.1, 0.15) is 0 Å². The number of thioether (sulfide) groups is 1. The standard InChI is InChI=1S/C8H10.C7H8.C2H6S/c1-2-8-6-4-3-5-7-8;1-7-5-3-2-4-6-7;1-3-2/h3-7H,2H2,1H3;2-6H,1H3;1-2H3. The van der Waals surface area contributed by atoms with Gasteiger partial charge in [0.15, 0.2) is 0 Å². The van der Waals surface area contributed by atoms with Gasteiger partial charge in [0, 0.05) is 0 Å². The van der Waals surface area contributed by atoms with E-state index >= 15 is 0 Å². The highest BCUT2D eigenvalue weighted by Gasteiger charge is 1.80. The largest absolute Gasteiger partial charge is 0.169 e. The van der Waals surface area contributed by atoms with Crippen molar-refractivity contribution in [3.63, 3.8) is 0 Å². The zero-order valence-corrected chi connectivity index (χ0v) is 12.7. The summed E-state index contributed by atoms with van der Waals surface area (Å²) in [6.07, 6.45) is 5.22. The summed E-state index contributed by atoms with van der Waals surface area (Å²) < 4.78 is 0. The fourth-order valence-electron chi connectivity index (χ4n) is 1.25. The van der Waals surface area contributed by atoms with Crippen LogP contribution < -0.4 is 0 Å². The van der Waals surface area contributed by atoms with Crippen molar-refractivity contribution in [3.05, 3.63) is 71.8 Å². The third-order valence-electron chi connectivity index (χ3n) is 2.19. The molecule has 0 N–H and O–H groups in total. The van der Waals surface area contributed by atoms with Crippen molar-refractivity contribution in [2.24, 2.45) is 0 Å². The van der Waals surface area contributed by atoms with Crippen LogP contribution in [0.2, 0.25) is 0 Å². The fraction of sp³-hybridized carbons (Fsp3) is 0.294. The molecule has 0 unspecified atom stereocenters. The summed E-state index contributed by atoms with van der Waals surface area (Å²) in [7, 11) is 0. The summed E-state index contributed by atoms with van der Waals surface area (Å²) in [5.74, 6) is 0. The van der Waals surface area contributed by atoms with E-state index in [1.165, 1.54) is 11.1 Å². The summed E-state index contributed by atoms with van der Waals surface area (Å²) >= 11 is 1.75. The van der Waals surface area contributed by atoms with Crippen LogP contribution in [0.1, 0.15) is 18.1 Å². The van der Waals surface area contributed by atoms with Crippen LogP contribution in [0, 0.1) is 6.92 Å². The normalized spacial score (nSPS) is 8.44. The van der Waals surface area contributed by atoms with E-state index in [1.54, 1.807) is 11.8 Å². The van der Waals surface area contributed by atoms with Crippen molar-refractivity contribution in [1.29, 1.82) is 0 Å². The van der Waals surface area contributed by atoms with E-state index < -0.39 is 0 Å². The van der Waals surface area contributed by atoms with Gasteiger partial charge in [-0.3, -0.25) is 0 Å². The predicted octanol–water partition coefficient (Wildman–Crippen LogP) is 5.22. The van der Waals surface area contributed by atoms with Crippen LogP contribution in [0.5, 0.6) is 0 Å². The molecule has 0 spiro atoms. The van der Waals surface area contributed by atoms with E-state index in [-0.39, 0.29) is 0 Å². The van der Waals surface area contributed by atoms with Gasteiger partial charge < -0.3 is 0 Å². The second kappa shape index (κ2) is 12.3. The second-order valence-corrected chi connectivity index (χ2v) is 4.72. The Hall–Kier alpha value is -1.21. The Balaban J connectivity index is 0.000000267. The van der Waals surface area contributed by atoms with Crippen molar-refractivity contribution in [2.45, 2.75) is 20.3 Å². The van der Waals surface area contributed by atoms with Gasteiger partial charge in [-0.25, -0.2) is 0 Å². The van der Waals surface area contributed by atoms with Crippen molar-refractivity contribution in [3.8, 4) is 0 Å². The monoisotopic (exact) mass is 260 g/mol. The molecule has 98 valence electrons. The highest BCUT2D eigenvalue weighted by atomic mass is 32.2. The molecule has 0 atom stereocenters. The maximum Gasteiger partial charge on any atom is -0.0187 e. The van der Waals surface area contributed by atoms with E-state index in [0.29, 0.717) is 0 Å². The Kier molecular flexibility index (Phi) is 11.4. The lowest BCUT2D eigenvalue weighted by molar-refractivity contribution is 1.14. The summed E-state index contributed by atoms with van der Waals surface area (Å²) in [5.41, 5.74) is 2.73. The minimum absolute atomic E-state index is 1.14. The smallest absolute Gasteiger partial charge is 0.0187 e. The van der Waals surface area contributed by atoms with Gasteiger partial charge in [-0.05, 0) is 31.4 Å². The molecule has 0 aliphatic rings.